The molecule has 0 amide bonds. The first-order valence-corrected chi connectivity index (χ1v) is 11.1. The number of hydrogen-bond acceptors (Lipinski definition) is 9. The molecular weight excluding hydrogens is 408 g/mol. The zero-order chi connectivity index (χ0) is 22.8. The lowest BCUT2D eigenvalue weighted by Crippen LogP contribution is -2.56. The Morgan fingerprint density at radius 1 is 0.839 bits per heavy atom. The number of fused-ring (bicyclic) bond motifs is 3. The van der Waals surface area contributed by atoms with Crippen molar-refractivity contribution in [1.29, 1.82) is 0 Å². The van der Waals surface area contributed by atoms with Gasteiger partial charge >= 0.3 is 11.9 Å². The van der Waals surface area contributed by atoms with E-state index >= 15 is 0 Å². The predicted molar refractivity (Wildman–Crippen MR) is 108 cm³/mol. The van der Waals surface area contributed by atoms with Crippen molar-refractivity contribution in [3.63, 3.8) is 0 Å². The second-order valence-electron chi connectivity index (χ2n) is 8.18. The molecule has 176 valence electrons. The Labute approximate surface area is 183 Å². The van der Waals surface area contributed by atoms with E-state index in [0.29, 0.717) is 25.7 Å². The molecule has 31 heavy (non-hydrogen) atoms. The molecule has 0 unspecified atom stereocenters. The molecule has 0 bridgehead atoms. The molecule has 3 aliphatic rings. The fraction of sp³-hybridized carbons (Fsp3) is 0.818. The molecule has 0 aliphatic carbocycles. The Hall–Kier alpha value is -1.52. The van der Waals surface area contributed by atoms with Crippen LogP contribution in [0.5, 0.6) is 0 Å². The molecule has 0 aromatic rings. The highest BCUT2D eigenvalue weighted by atomic mass is 16.9. The van der Waals surface area contributed by atoms with Crippen LogP contribution in [0, 0.1) is 0 Å². The average molecular weight is 443 g/mol. The number of hydrogen-bond donors (Lipinski definition) is 0. The van der Waals surface area contributed by atoms with E-state index in [9.17, 15) is 9.59 Å². The van der Waals surface area contributed by atoms with Crippen molar-refractivity contribution in [3.8, 4) is 0 Å². The van der Waals surface area contributed by atoms with Gasteiger partial charge in [-0.1, -0.05) is 34.3 Å². The van der Waals surface area contributed by atoms with E-state index in [1.165, 1.54) is 6.92 Å². The third kappa shape index (κ3) is 4.80. The molecule has 9 nitrogen and oxygen atoms in total. The molecule has 5 atom stereocenters. The van der Waals surface area contributed by atoms with Gasteiger partial charge in [0.2, 0.25) is 0 Å². The molecule has 3 saturated heterocycles. The first-order chi connectivity index (χ1) is 14.7. The standard InChI is InChI=1S/C22H34O9/c1-7-21(8-2)28-16-14(11-25-15(23)12-26-19(24)13(5)6)27-20-18(17(16)29-21)30-22(9-3,10-4)31-20/h14,16-18,20H,5,7-12H2,1-4,6H3/t14-,16+,17+,18-,20-/m1/s1. The Morgan fingerprint density at radius 2 is 1.39 bits per heavy atom. The van der Waals surface area contributed by atoms with Crippen LogP contribution in [0.4, 0.5) is 0 Å². The summed E-state index contributed by atoms with van der Waals surface area (Å²) >= 11 is 0. The maximum absolute atomic E-state index is 12.1. The quantitative estimate of drug-likeness (QED) is 0.394. The summed E-state index contributed by atoms with van der Waals surface area (Å²) < 4.78 is 41.3. The zero-order valence-corrected chi connectivity index (χ0v) is 19.0. The highest BCUT2D eigenvalue weighted by Crippen LogP contribution is 2.47. The largest absolute Gasteiger partial charge is 0.460 e. The van der Waals surface area contributed by atoms with Crippen LogP contribution >= 0.6 is 0 Å². The van der Waals surface area contributed by atoms with Crippen LogP contribution in [0.2, 0.25) is 0 Å². The lowest BCUT2D eigenvalue weighted by atomic mass is 9.99. The van der Waals surface area contributed by atoms with Gasteiger partial charge in [0.15, 0.2) is 24.5 Å². The van der Waals surface area contributed by atoms with Gasteiger partial charge in [-0.2, -0.15) is 0 Å². The SMILES string of the molecule is C=C(C)C(=O)OCC(=O)OC[C@H]1O[C@@H]2OC(CC)(CC)O[C@@H]2[C@H]2OC(CC)(CC)O[C@H]21. The highest BCUT2D eigenvalue weighted by Gasteiger charge is 2.62. The topological polar surface area (TPSA) is 98.8 Å². The second kappa shape index (κ2) is 9.54. The molecule has 9 heteroatoms. The number of carbonyl (C=O) groups excluding carboxylic acids is 2. The van der Waals surface area contributed by atoms with Crippen LogP contribution in [0.3, 0.4) is 0 Å². The van der Waals surface area contributed by atoms with Crippen LogP contribution in [-0.4, -0.2) is 67.4 Å². The lowest BCUT2D eigenvalue weighted by molar-refractivity contribution is -0.250. The van der Waals surface area contributed by atoms with Crippen molar-refractivity contribution < 1.29 is 42.7 Å². The fourth-order valence-electron chi connectivity index (χ4n) is 4.15. The monoisotopic (exact) mass is 442 g/mol. The molecule has 0 aromatic heterocycles. The van der Waals surface area contributed by atoms with Gasteiger partial charge in [-0.25, -0.2) is 9.59 Å². The summed E-state index contributed by atoms with van der Waals surface area (Å²) in [6.45, 7) is 12.4. The molecule has 0 N–H and O–H groups in total. The third-order valence-electron chi connectivity index (χ3n) is 6.21. The van der Waals surface area contributed by atoms with Gasteiger partial charge in [0.05, 0.1) is 0 Å². The Morgan fingerprint density at radius 3 is 1.97 bits per heavy atom. The number of rotatable bonds is 9. The summed E-state index contributed by atoms with van der Waals surface area (Å²) in [5.74, 6) is -2.83. The van der Waals surface area contributed by atoms with Gasteiger partial charge in [-0.3, -0.25) is 0 Å². The Kier molecular flexibility index (Phi) is 7.43. The molecule has 0 radical (unpaired) electrons. The van der Waals surface area contributed by atoms with Crippen molar-refractivity contribution in [1.82, 2.24) is 0 Å². The van der Waals surface area contributed by atoms with Crippen molar-refractivity contribution in [2.75, 3.05) is 13.2 Å². The third-order valence-corrected chi connectivity index (χ3v) is 6.21. The maximum Gasteiger partial charge on any atom is 0.344 e. The van der Waals surface area contributed by atoms with Crippen LogP contribution in [-0.2, 0) is 42.7 Å². The van der Waals surface area contributed by atoms with Gasteiger partial charge in [0.1, 0.15) is 31.0 Å². The molecular formula is C22H34O9. The van der Waals surface area contributed by atoms with E-state index in [-0.39, 0.29) is 12.2 Å². The minimum atomic E-state index is -0.750. The van der Waals surface area contributed by atoms with Gasteiger partial charge < -0.3 is 33.2 Å². The Bertz CT molecular complexity index is 682. The smallest absolute Gasteiger partial charge is 0.344 e. The fourth-order valence-corrected chi connectivity index (χ4v) is 4.15. The van der Waals surface area contributed by atoms with E-state index in [4.69, 9.17) is 33.2 Å². The average Bonchev–Trinajstić information content (AvgIpc) is 3.35. The van der Waals surface area contributed by atoms with Gasteiger partial charge in [0, 0.05) is 5.57 Å². The molecule has 3 rings (SSSR count). The van der Waals surface area contributed by atoms with Crippen molar-refractivity contribution in [3.05, 3.63) is 12.2 Å². The normalized spacial score (nSPS) is 32.7. The van der Waals surface area contributed by atoms with E-state index in [2.05, 4.69) is 6.58 Å². The summed E-state index contributed by atoms with van der Waals surface area (Å²) in [5, 5.41) is 0. The molecule has 0 aromatic carbocycles. The summed E-state index contributed by atoms with van der Waals surface area (Å²) in [6, 6.07) is 0. The zero-order valence-electron chi connectivity index (χ0n) is 19.0. The molecule has 3 fully saturated rings. The van der Waals surface area contributed by atoms with Crippen molar-refractivity contribution in [2.45, 2.75) is 103 Å². The molecule has 0 saturated carbocycles. The summed E-state index contributed by atoms with van der Waals surface area (Å²) in [7, 11) is 0. The maximum atomic E-state index is 12.1. The van der Waals surface area contributed by atoms with Crippen molar-refractivity contribution >= 4 is 11.9 Å². The summed E-state index contributed by atoms with van der Waals surface area (Å²) in [6.07, 6.45) is 0.0449. The van der Waals surface area contributed by atoms with Gasteiger partial charge in [-0.05, 0) is 32.6 Å². The molecule has 0 spiro atoms. The van der Waals surface area contributed by atoms with Gasteiger partial charge in [0.25, 0.3) is 0 Å². The highest BCUT2D eigenvalue weighted by molar-refractivity contribution is 5.88. The number of carbonyl (C=O) groups is 2. The van der Waals surface area contributed by atoms with Crippen LogP contribution in [0.15, 0.2) is 12.2 Å². The lowest BCUT2D eigenvalue weighted by Gasteiger charge is -2.36. The van der Waals surface area contributed by atoms with Crippen LogP contribution in [0.1, 0.15) is 60.3 Å². The first-order valence-electron chi connectivity index (χ1n) is 11.1. The number of ether oxygens (including phenoxy) is 7. The van der Waals surface area contributed by atoms with E-state index in [1.807, 2.05) is 27.7 Å². The van der Waals surface area contributed by atoms with E-state index < -0.39 is 60.8 Å². The molecule has 3 aliphatic heterocycles. The van der Waals surface area contributed by atoms with E-state index in [1.54, 1.807) is 0 Å². The Balaban J connectivity index is 1.70. The van der Waals surface area contributed by atoms with E-state index in [0.717, 1.165) is 0 Å². The minimum Gasteiger partial charge on any atom is -0.460 e. The molecule has 3 heterocycles. The van der Waals surface area contributed by atoms with Crippen LogP contribution in [0.25, 0.3) is 0 Å². The van der Waals surface area contributed by atoms with Crippen LogP contribution < -0.4 is 0 Å². The predicted octanol–water partition coefficient (Wildman–Crippen LogP) is 2.61. The first kappa shape index (κ1) is 24.1. The summed E-state index contributed by atoms with van der Waals surface area (Å²) in [5.41, 5.74) is 0.206. The summed E-state index contributed by atoms with van der Waals surface area (Å²) in [4.78, 5) is 23.5. The minimum absolute atomic E-state index is 0.0880. The second-order valence-corrected chi connectivity index (χ2v) is 8.18. The number of esters is 2. The van der Waals surface area contributed by atoms with Crippen molar-refractivity contribution in [2.24, 2.45) is 0 Å². The van der Waals surface area contributed by atoms with Gasteiger partial charge in [-0.15, -0.1) is 0 Å².